The summed E-state index contributed by atoms with van der Waals surface area (Å²) in [6.45, 7) is 2.61. The van der Waals surface area contributed by atoms with E-state index in [-0.39, 0.29) is 25.2 Å². The lowest BCUT2D eigenvalue weighted by molar-refractivity contribution is 0.126. The van der Waals surface area contributed by atoms with Gasteiger partial charge in [-0.25, -0.2) is 4.79 Å². The summed E-state index contributed by atoms with van der Waals surface area (Å²) in [7, 11) is 0. The van der Waals surface area contributed by atoms with Gasteiger partial charge in [0, 0.05) is 12.6 Å². The zero-order valence-corrected chi connectivity index (χ0v) is 12.5. The molecule has 0 saturated heterocycles. The van der Waals surface area contributed by atoms with E-state index in [1.165, 1.54) is 5.56 Å². The second-order valence-corrected chi connectivity index (χ2v) is 5.43. The first-order valence-corrected chi connectivity index (χ1v) is 7.34. The fourth-order valence-electron chi connectivity index (χ4n) is 2.86. The molecular formula is C16H19N3O3. The van der Waals surface area contributed by atoms with E-state index in [1.54, 1.807) is 11.0 Å². The molecule has 6 nitrogen and oxygen atoms in total. The predicted molar refractivity (Wildman–Crippen MR) is 80.2 cm³/mol. The van der Waals surface area contributed by atoms with Crippen LogP contribution in [0.15, 0.2) is 34.9 Å². The molecule has 0 radical (unpaired) electrons. The Morgan fingerprint density at radius 2 is 2.32 bits per heavy atom. The third-order valence-corrected chi connectivity index (χ3v) is 3.94. The van der Waals surface area contributed by atoms with Gasteiger partial charge in [0.15, 0.2) is 5.76 Å². The van der Waals surface area contributed by atoms with Crippen molar-refractivity contribution in [3.05, 3.63) is 52.9 Å². The second kappa shape index (κ2) is 6.19. The number of nitrogens with zero attached hydrogens (tertiary/aromatic N) is 2. The maximum atomic E-state index is 12.4. The molecule has 0 bridgehead atoms. The van der Waals surface area contributed by atoms with E-state index in [0.29, 0.717) is 12.3 Å². The van der Waals surface area contributed by atoms with Crippen LogP contribution in [-0.4, -0.2) is 34.3 Å². The number of aromatic nitrogens is 1. The van der Waals surface area contributed by atoms with Crippen molar-refractivity contribution in [2.24, 2.45) is 0 Å². The summed E-state index contributed by atoms with van der Waals surface area (Å²) >= 11 is 0. The number of carbonyl (C=O) groups is 1. The number of amides is 2. The number of rotatable bonds is 3. The number of aliphatic hydroxyl groups excluding tert-OH is 1. The molecule has 6 heteroatoms. The van der Waals surface area contributed by atoms with Crippen molar-refractivity contribution in [1.82, 2.24) is 15.4 Å². The first-order chi connectivity index (χ1) is 10.7. The Kier molecular flexibility index (Phi) is 4.11. The molecule has 3 rings (SSSR count). The average Bonchev–Trinajstić information content (AvgIpc) is 2.97. The Labute approximate surface area is 128 Å². The summed E-state index contributed by atoms with van der Waals surface area (Å²) in [6.07, 6.45) is 0.793. The Bertz CT molecular complexity index is 668. The average molecular weight is 301 g/mol. The number of benzene rings is 1. The van der Waals surface area contributed by atoms with Crippen LogP contribution in [0.3, 0.4) is 0 Å². The fourth-order valence-corrected chi connectivity index (χ4v) is 2.86. The van der Waals surface area contributed by atoms with Gasteiger partial charge in [-0.2, -0.15) is 0 Å². The highest BCUT2D eigenvalue weighted by atomic mass is 16.5. The highest BCUT2D eigenvalue weighted by molar-refractivity contribution is 5.75. The van der Waals surface area contributed by atoms with Crippen LogP contribution in [0.4, 0.5) is 4.79 Å². The van der Waals surface area contributed by atoms with Crippen LogP contribution < -0.4 is 5.32 Å². The summed E-state index contributed by atoms with van der Waals surface area (Å²) in [5.74, 6) is 0.615. The Hall–Kier alpha value is -2.34. The van der Waals surface area contributed by atoms with E-state index >= 15 is 0 Å². The van der Waals surface area contributed by atoms with Gasteiger partial charge in [-0.15, -0.1) is 0 Å². The SMILES string of the molecule is Cc1cc(CNC(=O)N2CCc3ccccc3C2CO)on1. The summed E-state index contributed by atoms with van der Waals surface area (Å²) in [5, 5.41) is 16.3. The summed E-state index contributed by atoms with van der Waals surface area (Å²) < 4.78 is 5.08. The Morgan fingerprint density at radius 1 is 1.50 bits per heavy atom. The van der Waals surface area contributed by atoms with Crippen LogP contribution in [-0.2, 0) is 13.0 Å². The third kappa shape index (κ3) is 2.82. The minimum absolute atomic E-state index is 0.0914. The van der Waals surface area contributed by atoms with E-state index < -0.39 is 0 Å². The minimum atomic E-state index is -0.304. The Morgan fingerprint density at radius 3 is 3.05 bits per heavy atom. The van der Waals surface area contributed by atoms with Gasteiger partial charge in [-0.05, 0) is 24.5 Å². The quantitative estimate of drug-likeness (QED) is 0.906. The highest BCUT2D eigenvalue weighted by Crippen LogP contribution is 2.29. The van der Waals surface area contributed by atoms with E-state index in [0.717, 1.165) is 17.7 Å². The largest absolute Gasteiger partial charge is 0.394 e. The maximum absolute atomic E-state index is 12.4. The number of hydrogen-bond donors (Lipinski definition) is 2. The Balaban J connectivity index is 1.70. The van der Waals surface area contributed by atoms with Crippen molar-refractivity contribution >= 4 is 6.03 Å². The zero-order chi connectivity index (χ0) is 15.5. The lowest BCUT2D eigenvalue weighted by Gasteiger charge is -2.36. The van der Waals surface area contributed by atoms with Gasteiger partial charge in [0.2, 0.25) is 0 Å². The molecule has 1 unspecified atom stereocenters. The van der Waals surface area contributed by atoms with E-state index in [4.69, 9.17) is 4.52 Å². The van der Waals surface area contributed by atoms with E-state index in [1.807, 2.05) is 31.2 Å². The van der Waals surface area contributed by atoms with Crippen LogP contribution in [0.2, 0.25) is 0 Å². The molecule has 1 aromatic heterocycles. The third-order valence-electron chi connectivity index (χ3n) is 3.94. The number of nitrogens with one attached hydrogen (secondary N) is 1. The van der Waals surface area contributed by atoms with Gasteiger partial charge in [0.1, 0.15) is 0 Å². The van der Waals surface area contributed by atoms with Crippen molar-refractivity contribution in [3.63, 3.8) is 0 Å². The fraction of sp³-hybridized carbons (Fsp3) is 0.375. The maximum Gasteiger partial charge on any atom is 0.318 e. The standard InChI is InChI=1S/C16H19N3O3/c1-11-8-13(22-18-11)9-17-16(21)19-7-6-12-4-2-3-5-14(12)15(19)10-20/h2-5,8,15,20H,6-7,9-10H2,1H3,(H,17,21). The molecule has 1 aliphatic rings. The molecule has 0 spiro atoms. The molecule has 0 saturated carbocycles. The van der Waals surface area contributed by atoms with Crippen LogP contribution in [0.5, 0.6) is 0 Å². The van der Waals surface area contributed by atoms with Crippen molar-refractivity contribution in [1.29, 1.82) is 0 Å². The number of carbonyl (C=O) groups excluding carboxylic acids is 1. The lowest BCUT2D eigenvalue weighted by atomic mass is 9.93. The molecule has 2 heterocycles. The van der Waals surface area contributed by atoms with Gasteiger partial charge < -0.3 is 19.8 Å². The summed E-state index contributed by atoms with van der Waals surface area (Å²) in [5.41, 5.74) is 2.99. The molecule has 22 heavy (non-hydrogen) atoms. The molecule has 1 atom stereocenters. The smallest absolute Gasteiger partial charge is 0.318 e. The highest BCUT2D eigenvalue weighted by Gasteiger charge is 2.30. The molecule has 1 aliphatic heterocycles. The first-order valence-electron chi connectivity index (χ1n) is 7.34. The monoisotopic (exact) mass is 301 g/mol. The zero-order valence-electron chi connectivity index (χ0n) is 12.5. The van der Waals surface area contributed by atoms with Crippen molar-refractivity contribution in [2.45, 2.75) is 25.9 Å². The van der Waals surface area contributed by atoms with Gasteiger partial charge in [0.25, 0.3) is 0 Å². The molecule has 116 valence electrons. The van der Waals surface area contributed by atoms with Gasteiger partial charge >= 0.3 is 6.03 Å². The van der Waals surface area contributed by atoms with Gasteiger partial charge in [-0.1, -0.05) is 29.4 Å². The molecule has 2 N–H and O–H groups in total. The number of fused-ring (bicyclic) bond motifs is 1. The topological polar surface area (TPSA) is 78.6 Å². The second-order valence-electron chi connectivity index (χ2n) is 5.43. The minimum Gasteiger partial charge on any atom is -0.394 e. The van der Waals surface area contributed by atoms with Crippen LogP contribution in [0, 0.1) is 6.92 Å². The molecule has 0 fully saturated rings. The lowest BCUT2D eigenvalue weighted by Crippen LogP contribution is -2.46. The first kappa shape index (κ1) is 14.6. The molecule has 2 aromatic rings. The molecule has 1 aromatic carbocycles. The summed E-state index contributed by atoms with van der Waals surface area (Å²) in [4.78, 5) is 14.1. The predicted octanol–water partition coefficient (Wildman–Crippen LogP) is 1.78. The van der Waals surface area contributed by atoms with Gasteiger partial charge in [-0.3, -0.25) is 0 Å². The number of hydrogen-bond acceptors (Lipinski definition) is 4. The van der Waals surface area contributed by atoms with Crippen molar-refractivity contribution in [3.8, 4) is 0 Å². The van der Waals surface area contributed by atoms with Gasteiger partial charge in [0.05, 0.1) is 24.9 Å². The van der Waals surface area contributed by atoms with Crippen LogP contribution >= 0.6 is 0 Å². The van der Waals surface area contributed by atoms with Crippen molar-refractivity contribution < 1.29 is 14.4 Å². The van der Waals surface area contributed by atoms with E-state index in [2.05, 4.69) is 10.5 Å². The van der Waals surface area contributed by atoms with Crippen molar-refractivity contribution in [2.75, 3.05) is 13.2 Å². The normalized spacial score (nSPS) is 17.2. The van der Waals surface area contributed by atoms with Crippen LogP contribution in [0.25, 0.3) is 0 Å². The molecule has 0 aliphatic carbocycles. The molecule has 2 amide bonds. The van der Waals surface area contributed by atoms with E-state index in [9.17, 15) is 9.90 Å². The van der Waals surface area contributed by atoms with Crippen LogP contribution in [0.1, 0.15) is 28.6 Å². The number of urea groups is 1. The summed E-state index contributed by atoms with van der Waals surface area (Å²) in [6, 6.07) is 9.20. The number of aliphatic hydroxyl groups is 1. The number of aryl methyl sites for hydroxylation is 1. The molecular weight excluding hydrogens is 282 g/mol.